The van der Waals surface area contributed by atoms with Crippen molar-refractivity contribution in [2.75, 3.05) is 0 Å². The van der Waals surface area contributed by atoms with E-state index in [0.29, 0.717) is 5.92 Å². The highest BCUT2D eigenvalue weighted by Gasteiger charge is 2.30. The number of hydrogen-bond acceptors (Lipinski definition) is 0. The fraction of sp³-hybridized carbons (Fsp3) is 0.600. The molecule has 0 amide bonds. The van der Waals surface area contributed by atoms with E-state index in [1.54, 1.807) is 6.07 Å². The molecule has 1 aromatic rings. The highest BCUT2D eigenvalue weighted by atomic mass is 19.1. The summed E-state index contributed by atoms with van der Waals surface area (Å²) in [7, 11) is 0. The molecule has 0 aromatic heterocycles. The molecule has 0 atom stereocenters. The topological polar surface area (TPSA) is 0 Å². The van der Waals surface area contributed by atoms with Gasteiger partial charge in [0.25, 0.3) is 0 Å². The van der Waals surface area contributed by atoms with Gasteiger partial charge in [-0.1, -0.05) is 33.8 Å². The molecular formula is C15H21F. The summed E-state index contributed by atoms with van der Waals surface area (Å²) in [6.45, 7) is 8.52. The van der Waals surface area contributed by atoms with E-state index >= 15 is 0 Å². The van der Waals surface area contributed by atoms with Gasteiger partial charge in [0.15, 0.2) is 0 Å². The smallest absolute Gasteiger partial charge is 0.126 e. The van der Waals surface area contributed by atoms with Crippen LogP contribution < -0.4 is 0 Å². The van der Waals surface area contributed by atoms with Gasteiger partial charge in [0.2, 0.25) is 0 Å². The lowest BCUT2D eigenvalue weighted by Crippen LogP contribution is -2.15. The highest BCUT2D eigenvalue weighted by molar-refractivity contribution is 5.41. The van der Waals surface area contributed by atoms with Crippen LogP contribution in [-0.2, 0) is 11.8 Å². The van der Waals surface area contributed by atoms with Crippen molar-refractivity contribution in [3.8, 4) is 0 Å². The van der Waals surface area contributed by atoms with Crippen LogP contribution in [0.3, 0.4) is 0 Å². The van der Waals surface area contributed by atoms with Crippen LogP contribution in [0.1, 0.15) is 63.1 Å². The van der Waals surface area contributed by atoms with Crippen molar-refractivity contribution in [3.05, 3.63) is 34.6 Å². The van der Waals surface area contributed by atoms with Crippen molar-refractivity contribution in [1.29, 1.82) is 0 Å². The van der Waals surface area contributed by atoms with Gasteiger partial charge in [0, 0.05) is 0 Å². The second kappa shape index (κ2) is 3.87. The maximum Gasteiger partial charge on any atom is 0.126 e. The summed E-state index contributed by atoms with van der Waals surface area (Å²) in [6.07, 6.45) is 3.34. The average molecular weight is 220 g/mol. The third-order valence-corrected chi connectivity index (χ3v) is 3.42. The van der Waals surface area contributed by atoms with Crippen LogP contribution in [-0.4, -0.2) is 0 Å². The van der Waals surface area contributed by atoms with Crippen LogP contribution in [0.15, 0.2) is 12.1 Å². The zero-order chi connectivity index (χ0) is 11.9. The SMILES string of the molecule is CCc1cc(C2CC2)c(C(C)(C)C)cc1F. The van der Waals surface area contributed by atoms with E-state index in [4.69, 9.17) is 0 Å². The second-order valence-corrected chi connectivity index (χ2v) is 5.91. The predicted octanol–water partition coefficient (Wildman–Crippen LogP) is 4.56. The maximum absolute atomic E-state index is 13.8. The number of rotatable bonds is 2. The van der Waals surface area contributed by atoms with Crippen LogP contribution >= 0.6 is 0 Å². The lowest BCUT2D eigenvalue weighted by atomic mass is 9.81. The van der Waals surface area contributed by atoms with E-state index in [9.17, 15) is 4.39 Å². The Labute approximate surface area is 97.9 Å². The quantitative estimate of drug-likeness (QED) is 0.685. The fourth-order valence-corrected chi connectivity index (χ4v) is 2.29. The van der Waals surface area contributed by atoms with E-state index in [-0.39, 0.29) is 11.2 Å². The predicted molar refractivity (Wildman–Crippen MR) is 66.5 cm³/mol. The molecule has 0 aliphatic heterocycles. The monoisotopic (exact) mass is 220 g/mol. The Balaban J connectivity index is 2.54. The summed E-state index contributed by atoms with van der Waals surface area (Å²) in [5.41, 5.74) is 3.51. The molecule has 0 radical (unpaired) electrons. The Hall–Kier alpha value is -0.850. The molecule has 1 aromatic carbocycles. The Morgan fingerprint density at radius 1 is 1.25 bits per heavy atom. The van der Waals surface area contributed by atoms with Gasteiger partial charge in [0.05, 0.1) is 0 Å². The van der Waals surface area contributed by atoms with Crippen LogP contribution in [0.25, 0.3) is 0 Å². The first-order chi connectivity index (χ1) is 7.43. The second-order valence-electron chi connectivity index (χ2n) is 5.91. The lowest BCUT2D eigenvalue weighted by molar-refractivity contribution is 0.560. The third-order valence-electron chi connectivity index (χ3n) is 3.42. The lowest BCUT2D eigenvalue weighted by Gasteiger charge is -2.24. The van der Waals surface area contributed by atoms with Crippen molar-refractivity contribution < 1.29 is 4.39 Å². The molecule has 0 heterocycles. The van der Waals surface area contributed by atoms with Gasteiger partial charge in [-0.15, -0.1) is 0 Å². The summed E-state index contributed by atoms with van der Waals surface area (Å²) in [5, 5.41) is 0. The van der Waals surface area contributed by atoms with Crippen molar-refractivity contribution in [2.24, 2.45) is 0 Å². The van der Waals surface area contributed by atoms with Crippen molar-refractivity contribution in [1.82, 2.24) is 0 Å². The molecule has 0 unspecified atom stereocenters. The van der Waals surface area contributed by atoms with E-state index in [2.05, 4.69) is 26.8 Å². The minimum Gasteiger partial charge on any atom is -0.207 e. The minimum atomic E-state index is -0.0307. The molecule has 0 spiro atoms. The van der Waals surface area contributed by atoms with Crippen molar-refractivity contribution in [3.63, 3.8) is 0 Å². The zero-order valence-corrected chi connectivity index (χ0v) is 10.7. The molecule has 1 heteroatoms. The molecule has 16 heavy (non-hydrogen) atoms. The molecule has 2 rings (SSSR count). The summed E-state index contributed by atoms with van der Waals surface area (Å²) < 4.78 is 13.8. The standard InChI is InChI=1S/C15H21F/c1-5-10-8-12(11-6-7-11)13(9-14(10)16)15(2,3)4/h8-9,11H,5-7H2,1-4H3. The molecule has 1 aliphatic carbocycles. The molecule has 1 aliphatic rings. The van der Waals surface area contributed by atoms with Gasteiger partial charge in [-0.3, -0.25) is 0 Å². The maximum atomic E-state index is 13.8. The molecule has 88 valence electrons. The highest BCUT2D eigenvalue weighted by Crippen LogP contribution is 2.45. The third kappa shape index (κ3) is 2.14. The number of hydrogen-bond donors (Lipinski definition) is 0. The van der Waals surface area contributed by atoms with Gasteiger partial charge in [-0.05, 0) is 53.4 Å². The summed E-state index contributed by atoms with van der Waals surface area (Å²) >= 11 is 0. The summed E-state index contributed by atoms with van der Waals surface area (Å²) in [4.78, 5) is 0. The van der Waals surface area contributed by atoms with E-state index in [0.717, 1.165) is 12.0 Å². The Morgan fingerprint density at radius 3 is 2.31 bits per heavy atom. The summed E-state index contributed by atoms with van der Waals surface area (Å²) in [5.74, 6) is 0.664. The van der Waals surface area contributed by atoms with E-state index in [1.165, 1.54) is 24.0 Å². The number of benzene rings is 1. The van der Waals surface area contributed by atoms with Gasteiger partial charge in [-0.2, -0.15) is 0 Å². The van der Waals surface area contributed by atoms with Gasteiger partial charge in [0.1, 0.15) is 5.82 Å². The Kier molecular flexibility index (Phi) is 2.81. The van der Waals surface area contributed by atoms with Crippen LogP contribution in [0.5, 0.6) is 0 Å². The molecular weight excluding hydrogens is 199 g/mol. The first-order valence-electron chi connectivity index (χ1n) is 6.26. The molecule has 0 bridgehead atoms. The first-order valence-corrected chi connectivity index (χ1v) is 6.26. The Bertz CT molecular complexity index is 395. The van der Waals surface area contributed by atoms with Gasteiger partial charge in [-0.25, -0.2) is 4.39 Å². The van der Waals surface area contributed by atoms with E-state index in [1.807, 2.05) is 6.92 Å². The fourth-order valence-electron chi connectivity index (χ4n) is 2.29. The van der Waals surface area contributed by atoms with Crippen molar-refractivity contribution in [2.45, 2.75) is 58.3 Å². The molecule has 1 saturated carbocycles. The van der Waals surface area contributed by atoms with Crippen molar-refractivity contribution >= 4 is 0 Å². The molecule has 0 nitrogen and oxygen atoms in total. The first kappa shape index (κ1) is 11.6. The van der Waals surface area contributed by atoms with Crippen LogP contribution in [0.4, 0.5) is 4.39 Å². The van der Waals surface area contributed by atoms with Gasteiger partial charge >= 0.3 is 0 Å². The van der Waals surface area contributed by atoms with Crippen LogP contribution in [0.2, 0.25) is 0 Å². The zero-order valence-electron chi connectivity index (χ0n) is 10.7. The molecule has 1 fully saturated rings. The Morgan fingerprint density at radius 2 is 1.88 bits per heavy atom. The average Bonchev–Trinajstić information content (AvgIpc) is 2.99. The summed E-state index contributed by atoms with van der Waals surface area (Å²) in [6, 6.07) is 3.88. The minimum absolute atomic E-state index is 0.0307. The normalized spacial score (nSPS) is 16.6. The van der Waals surface area contributed by atoms with Gasteiger partial charge < -0.3 is 0 Å². The number of aryl methyl sites for hydroxylation is 1. The van der Waals surface area contributed by atoms with Crippen LogP contribution in [0, 0.1) is 5.82 Å². The molecule has 0 saturated heterocycles. The number of halogens is 1. The van der Waals surface area contributed by atoms with E-state index < -0.39 is 0 Å². The molecule has 0 N–H and O–H groups in total. The largest absolute Gasteiger partial charge is 0.207 e.